The number of aromatic hydroxyl groups is 4. The van der Waals surface area contributed by atoms with E-state index in [1.54, 1.807) is 30.3 Å². The molecule has 0 amide bonds. The molecule has 38 heavy (non-hydrogen) atoms. The first kappa shape index (κ1) is 25.4. The molecular formula is C27H24O11. The maximum atomic E-state index is 13.3. The Hall–Kier alpha value is -4.29. The topological polar surface area (TPSA) is 190 Å². The number of hydrogen-bond acceptors (Lipinski definition) is 11. The zero-order chi connectivity index (χ0) is 27.1. The van der Waals surface area contributed by atoms with Crippen LogP contribution in [0.1, 0.15) is 17.2 Å². The Morgan fingerprint density at radius 3 is 2.29 bits per heavy atom. The molecule has 1 fully saturated rings. The molecule has 1 aromatic heterocycles. The van der Waals surface area contributed by atoms with Crippen LogP contribution in [-0.2, 0) is 9.47 Å². The van der Waals surface area contributed by atoms with E-state index in [-0.39, 0.29) is 27.5 Å². The summed E-state index contributed by atoms with van der Waals surface area (Å²) in [7, 11) is 0. The van der Waals surface area contributed by atoms with Gasteiger partial charge in [-0.1, -0.05) is 30.3 Å². The minimum absolute atomic E-state index is 0.107. The second kappa shape index (κ2) is 9.88. The van der Waals surface area contributed by atoms with E-state index in [0.29, 0.717) is 0 Å². The van der Waals surface area contributed by atoms with Crippen LogP contribution in [0.15, 0.2) is 64.0 Å². The highest BCUT2D eigenvalue weighted by Crippen LogP contribution is 2.46. The molecule has 5 atom stereocenters. The van der Waals surface area contributed by atoms with E-state index in [2.05, 4.69) is 0 Å². The van der Waals surface area contributed by atoms with E-state index in [9.17, 15) is 40.5 Å². The molecule has 1 saturated heterocycles. The van der Waals surface area contributed by atoms with E-state index in [4.69, 9.17) is 13.9 Å². The van der Waals surface area contributed by atoms with Crippen LogP contribution in [-0.4, -0.2) is 66.8 Å². The summed E-state index contributed by atoms with van der Waals surface area (Å²) in [5.41, 5.74) is -0.715. The first-order valence-electron chi connectivity index (χ1n) is 11.6. The van der Waals surface area contributed by atoms with Crippen molar-refractivity contribution in [1.82, 2.24) is 0 Å². The molecule has 11 heteroatoms. The molecule has 3 aromatic carbocycles. The van der Waals surface area contributed by atoms with Crippen molar-refractivity contribution in [2.45, 2.75) is 30.5 Å². The van der Waals surface area contributed by atoms with Crippen molar-refractivity contribution >= 4 is 28.0 Å². The fraction of sp³-hybridized carbons (Fsp3) is 0.222. The van der Waals surface area contributed by atoms with Gasteiger partial charge < -0.3 is 49.6 Å². The summed E-state index contributed by atoms with van der Waals surface area (Å²) in [5.74, 6) is -2.47. The molecule has 5 rings (SSSR count). The van der Waals surface area contributed by atoms with E-state index in [1.807, 2.05) is 6.07 Å². The van der Waals surface area contributed by atoms with E-state index in [0.717, 1.165) is 23.8 Å². The molecule has 0 spiro atoms. The third-order valence-corrected chi connectivity index (χ3v) is 6.50. The van der Waals surface area contributed by atoms with Gasteiger partial charge in [0.25, 0.3) is 0 Å². The Morgan fingerprint density at radius 1 is 0.895 bits per heavy atom. The zero-order valence-corrected chi connectivity index (χ0v) is 19.6. The van der Waals surface area contributed by atoms with Crippen molar-refractivity contribution < 1.29 is 49.6 Å². The summed E-state index contributed by atoms with van der Waals surface area (Å²) in [6.45, 7) is -0.702. The first-order valence-corrected chi connectivity index (χ1v) is 11.6. The maximum Gasteiger partial charge on any atom is 0.204 e. The van der Waals surface area contributed by atoms with Gasteiger partial charge in [-0.2, -0.15) is 0 Å². The monoisotopic (exact) mass is 524 g/mol. The van der Waals surface area contributed by atoms with Crippen molar-refractivity contribution in [2.75, 3.05) is 6.61 Å². The van der Waals surface area contributed by atoms with Crippen molar-refractivity contribution in [3.8, 4) is 23.0 Å². The van der Waals surface area contributed by atoms with Gasteiger partial charge in [-0.05, 0) is 17.7 Å². The molecule has 1 aliphatic heterocycles. The molecule has 198 valence electrons. The summed E-state index contributed by atoms with van der Waals surface area (Å²) >= 11 is 0. The second-order valence-electron chi connectivity index (χ2n) is 8.87. The lowest BCUT2D eigenvalue weighted by Crippen LogP contribution is -2.55. The number of phenolic OH excluding ortho intramolecular Hbond substituents is 4. The van der Waals surface area contributed by atoms with E-state index >= 15 is 0 Å². The van der Waals surface area contributed by atoms with Crippen LogP contribution in [0.2, 0.25) is 0 Å². The highest BCUT2D eigenvalue weighted by atomic mass is 16.6. The Morgan fingerprint density at radius 2 is 1.58 bits per heavy atom. The molecule has 0 aliphatic carbocycles. The highest BCUT2D eigenvalue weighted by molar-refractivity contribution is 5.96. The van der Waals surface area contributed by atoms with Crippen LogP contribution in [0.3, 0.4) is 0 Å². The molecule has 0 radical (unpaired) electrons. The van der Waals surface area contributed by atoms with Crippen molar-refractivity contribution in [1.29, 1.82) is 0 Å². The highest BCUT2D eigenvalue weighted by Gasteiger charge is 2.48. The molecule has 4 aromatic rings. The van der Waals surface area contributed by atoms with Gasteiger partial charge in [0.1, 0.15) is 52.5 Å². The number of aliphatic hydroxyl groups excluding tert-OH is 3. The SMILES string of the molecule is O=c1c2cc(O)c(O)cc2oc2cc(O)c([C@@H]3O[C@H](CO)[C@@H](O)[C@H](O)[C@H]3O/C=C/c3ccccc3)c(O)c12. The van der Waals surface area contributed by atoms with E-state index in [1.165, 1.54) is 6.26 Å². The Balaban J connectivity index is 1.64. The third kappa shape index (κ3) is 4.27. The summed E-state index contributed by atoms with van der Waals surface area (Å²) in [6.07, 6.45) is -4.53. The van der Waals surface area contributed by atoms with E-state index < -0.39 is 65.6 Å². The summed E-state index contributed by atoms with van der Waals surface area (Å²) in [6, 6.07) is 12.1. The zero-order valence-electron chi connectivity index (χ0n) is 19.6. The standard InChI is InChI=1S/C27H24O11/c28-11-19-23(33)25(35)27(36-7-6-12-4-2-1-3-5-12)26(38-19)20-16(31)10-18-21(24(20)34)22(32)13-8-14(29)15(30)9-17(13)37-18/h1-10,19,23,25-31,33-35H,11H2/b7-6+/t19-,23-,25+,26+,27-/m1/s1. The number of phenols is 4. The molecule has 2 heterocycles. The van der Waals surface area contributed by atoms with Gasteiger partial charge in [0.2, 0.25) is 5.43 Å². The van der Waals surface area contributed by atoms with Gasteiger partial charge in [-0.15, -0.1) is 0 Å². The van der Waals surface area contributed by atoms with Crippen LogP contribution in [0.25, 0.3) is 28.0 Å². The number of aliphatic hydroxyl groups is 3. The van der Waals surface area contributed by atoms with Gasteiger partial charge in [0.15, 0.2) is 17.6 Å². The Kier molecular flexibility index (Phi) is 6.59. The lowest BCUT2D eigenvalue weighted by molar-refractivity contribution is -0.233. The molecule has 11 nitrogen and oxygen atoms in total. The van der Waals surface area contributed by atoms with Gasteiger partial charge in [-0.3, -0.25) is 4.79 Å². The summed E-state index contributed by atoms with van der Waals surface area (Å²) in [4.78, 5) is 13.3. The Labute approximate surface area is 214 Å². The quantitative estimate of drug-likeness (QED) is 0.115. The van der Waals surface area contributed by atoms with Crippen LogP contribution in [0, 0.1) is 0 Å². The van der Waals surface area contributed by atoms with Crippen molar-refractivity contribution in [3.05, 3.63) is 76.1 Å². The molecule has 7 N–H and O–H groups in total. The number of benzene rings is 3. The normalized spacial score (nSPS) is 23.8. The van der Waals surface area contributed by atoms with Crippen LogP contribution in [0.4, 0.5) is 0 Å². The average molecular weight is 524 g/mol. The minimum atomic E-state index is -1.63. The Bertz CT molecular complexity index is 1580. The minimum Gasteiger partial charge on any atom is -0.507 e. The predicted molar refractivity (Wildman–Crippen MR) is 134 cm³/mol. The van der Waals surface area contributed by atoms with Crippen LogP contribution in [0.5, 0.6) is 23.0 Å². The average Bonchev–Trinajstić information content (AvgIpc) is 2.89. The number of ether oxygens (including phenoxy) is 2. The smallest absolute Gasteiger partial charge is 0.204 e. The predicted octanol–water partition coefficient (Wildman–Crippen LogP) is 1.98. The maximum absolute atomic E-state index is 13.3. The largest absolute Gasteiger partial charge is 0.507 e. The lowest BCUT2D eigenvalue weighted by atomic mass is 9.89. The second-order valence-corrected chi connectivity index (χ2v) is 8.87. The lowest BCUT2D eigenvalue weighted by Gasteiger charge is -2.42. The van der Waals surface area contributed by atoms with Gasteiger partial charge in [-0.25, -0.2) is 0 Å². The van der Waals surface area contributed by atoms with Crippen LogP contribution >= 0.6 is 0 Å². The molecular weight excluding hydrogens is 500 g/mol. The van der Waals surface area contributed by atoms with Crippen molar-refractivity contribution in [3.63, 3.8) is 0 Å². The fourth-order valence-corrected chi connectivity index (χ4v) is 4.55. The number of rotatable bonds is 5. The van der Waals surface area contributed by atoms with Crippen LogP contribution < -0.4 is 5.43 Å². The van der Waals surface area contributed by atoms with Gasteiger partial charge in [0.05, 0.1) is 23.8 Å². The molecule has 0 bridgehead atoms. The first-order chi connectivity index (χ1) is 18.2. The van der Waals surface area contributed by atoms with Gasteiger partial charge >= 0.3 is 0 Å². The number of hydrogen-bond donors (Lipinski definition) is 7. The summed E-state index contributed by atoms with van der Waals surface area (Å²) < 4.78 is 17.0. The van der Waals surface area contributed by atoms with Crippen molar-refractivity contribution in [2.24, 2.45) is 0 Å². The molecule has 0 saturated carbocycles. The molecule has 1 aliphatic rings. The molecule has 0 unspecified atom stereocenters. The summed E-state index contributed by atoms with van der Waals surface area (Å²) in [5, 5.41) is 72.1. The number of fused-ring (bicyclic) bond motifs is 2. The fourth-order valence-electron chi connectivity index (χ4n) is 4.55. The van der Waals surface area contributed by atoms with Gasteiger partial charge in [0, 0.05) is 12.1 Å². The third-order valence-electron chi connectivity index (χ3n) is 6.50.